The maximum atomic E-state index is 14.0. The van der Waals surface area contributed by atoms with Gasteiger partial charge in [0.2, 0.25) is 0 Å². The average molecular weight is 469 g/mol. The van der Waals surface area contributed by atoms with Crippen LogP contribution < -0.4 is 10.1 Å². The lowest BCUT2D eigenvalue weighted by Gasteiger charge is -2.13. The van der Waals surface area contributed by atoms with Crippen LogP contribution in [0.2, 0.25) is 0 Å². The lowest BCUT2D eigenvalue weighted by Crippen LogP contribution is -2.24. The summed E-state index contributed by atoms with van der Waals surface area (Å²) in [5, 5.41) is 2.96. The number of ether oxygens (including phenoxy) is 1. The molecule has 0 unspecified atom stereocenters. The van der Waals surface area contributed by atoms with Crippen molar-refractivity contribution < 1.29 is 13.9 Å². The Balaban J connectivity index is 1.47. The second-order valence-corrected chi connectivity index (χ2v) is 8.73. The number of benzene rings is 1. The minimum Gasteiger partial charge on any atom is -0.495 e. The van der Waals surface area contributed by atoms with Crippen LogP contribution in [-0.4, -0.2) is 28.0 Å². The van der Waals surface area contributed by atoms with E-state index in [2.05, 4.69) is 15.3 Å². The molecular formula is C28H25FN4O2. The summed E-state index contributed by atoms with van der Waals surface area (Å²) >= 11 is 0. The zero-order chi connectivity index (χ0) is 24.4. The summed E-state index contributed by atoms with van der Waals surface area (Å²) in [5.74, 6) is 0.492. The van der Waals surface area contributed by atoms with Crippen LogP contribution in [-0.2, 0) is 6.54 Å². The summed E-state index contributed by atoms with van der Waals surface area (Å²) in [7, 11) is 1.64. The van der Waals surface area contributed by atoms with Crippen molar-refractivity contribution in [2.75, 3.05) is 7.11 Å². The molecule has 0 aliphatic heterocycles. The molecule has 4 aromatic rings. The molecule has 1 aliphatic rings. The Labute approximate surface area is 203 Å². The molecule has 3 heterocycles. The predicted octanol–water partition coefficient (Wildman–Crippen LogP) is 5.47. The first-order valence-electron chi connectivity index (χ1n) is 11.5. The molecule has 0 atom stereocenters. The van der Waals surface area contributed by atoms with Gasteiger partial charge in [0.05, 0.1) is 36.3 Å². The van der Waals surface area contributed by atoms with Crippen molar-refractivity contribution in [3.05, 3.63) is 95.5 Å². The van der Waals surface area contributed by atoms with Gasteiger partial charge in [-0.1, -0.05) is 12.1 Å². The maximum Gasteiger partial charge on any atom is 0.253 e. The van der Waals surface area contributed by atoms with Crippen molar-refractivity contribution in [2.45, 2.75) is 32.2 Å². The number of nitrogens with one attached hydrogen (secondary N) is 1. The molecule has 1 fully saturated rings. The highest BCUT2D eigenvalue weighted by atomic mass is 19.1. The number of rotatable bonds is 7. The van der Waals surface area contributed by atoms with Crippen LogP contribution >= 0.6 is 0 Å². The second kappa shape index (κ2) is 9.62. The van der Waals surface area contributed by atoms with Crippen molar-refractivity contribution in [3.8, 4) is 28.1 Å². The van der Waals surface area contributed by atoms with Gasteiger partial charge in [-0.2, -0.15) is 0 Å². The lowest BCUT2D eigenvalue weighted by molar-refractivity contribution is 0.0950. The summed E-state index contributed by atoms with van der Waals surface area (Å²) in [6, 6.07) is 13.6. The van der Waals surface area contributed by atoms with Gasteiger partial charge in [-0.05, 0) is 61.7 Å². The summed E-state index contributed by atoms with van der Waals surface area (Å²) in [6.45, 7) is 2.21. The lowest BCUT2D eigenvalue weighted by atomic mass is 10.0. The largest absolute Gasteiger partial charge is 0.495 e. The third-order valence-corrected chi connectivity index (χ3v) is 6.00. The standard InChI is InChI=1S/C28H25FN4O2/c1-17-10-20(14-30-13-17)21-12-24(26(31-15-21)19-4-3-5-22(29)11-19)28(34)32-16-23-8-9-25(35-2)27(33-23)18-6-7-18/h3-5,8-15,18H,6-7,16H2,1-2H3,(H,32,34). The number of aromatic nitrogens is 3. The molecule has 1 saturated carbocycles. The first-order chi connectivity index (χ1) is 17.0. The van der Waals surface area contributed by atoms with Gasteiger partial charge in [0, 0.05) is 41.2 Å². The van der Waals surface area contributed by atoms with E-state index in [1.807, 2.05) is 25.1 Å². The summed E-state index contributed by atoms with van der Waals surface area (Å²) in [4.78, 5) is 26.9. The zero-order valence-electron chi connectivity index (χ0n) is 19.6. The Morgan fingerprint density at radius 3 is 2.63 bits per heavy atom. The monoisotopic (exact) mass is 468 g/mol. The van der Waals surface area contributed by atoms with Gasteiger partial charge in [-0.3, -0.25) is 19.7 Å². The smallest absolute Gasteiger partial charge is 0.253 e. The molecule has 3 aromatic heterocycles. The number of pyridine rings is 3. The van der Waals surface area contributed by atoms with Gasteiger partial charge in [0.15, 0.2) is 0 Å². The van der Waals surface area contributed by atoms with Gasteiger partial charge in [0.1, 0.15) is 11.6 Å². The third kappa shape index (κ3) is 5.04. The van der Waals surface area contributed by atoms with Crippen molar-refractivity contribution in [1.29, 1.82) is 0 Å². The molecule has 5 rings (SSSR count). The molecule has 35 heavy (non-hydrogen) atoms. The molecule has 1 amide bonds. The molecule has 0 saturated heterocycles. The first kappa shape index (κ1) is 22.7. The number of methoxy groups -OCH3 is 1. The number of carbonyl (C=O) groups excluding carboxylic acids is 1. The fraction of sp³-hybridized carbons (Fsp3) is 0.214. The minimum absolute atomic E-state index is 0.251. The van der Waals surface area contributed by atoms with Crippen molar-refractivity contribution in [2.24, 2.45) is 0 Å². The highest BCUT2D eigenvalue weighted by molar-refractivity contribution is 6.01. The molecule has 0 spiro atoms. The number of aryl methyl sites for hydroxylation is 1. The van der Waals surface area contributed by atoms with Crippen LogP contribution in [0.4, 0.5) is 4.39 Å². The van der Waals surface area contributed by atoms with Crippen molar-refractivity contribution in [3.63, 3.8) is 0 Å². The van der Waals surface area contributed by atoms with E-state index in [9.17, 15) is 9.18 Å². The van der Waals surface area contributed by atoms with Gasteiger partial charge >= 0.3 is 0 Å². The number of halogens is 1. The fourth-order valence-electron chi connectivity index (χ4n) is 4.07. The van der Waals surface area contributed by atoms with Crippen LogP contribution in [0.5, 0.6) is 5.75 Å². The highest BCUT2D eigenvalue weighted by Crippen LogP contribution is 2.43. The molecule has 1 aliphatic carbocycles. The SMILES string of the molecule is COc1ccc(CNC(=O)c2cc(-c3cncc(C)c3)cnc2-c2cccc(F)c2)nc1C1CC1. The van der Waals surface area contributed by atoms with Crippen molar-refractivity contribution in [1.82, 2.24) is 20.3 Å². The van der Waals surface area contributed by atoms with Gasteiger partial charge < -0.3 is 10.1 Å². The highest BCUT2D eigenvalue weighted by Gasteiger charge is 2.28. The number of amides is 1. The van der Waals surface area contributed by atoms with Crippen LogP contribution in [0, 0.1) is 12.7 Å². The van der Waals surface area contributed by atoms with E-state index in [0.29, 0.717) is 22.7 Å². The molecule has 7 heteroatoms. The van der Waals surface area contributed by atoms with Crippen LogP contribution in [0.25, 0.3) is 22.4 Å². The predicted molar refractivity (Wildman–Crippen MR) is 132 cm³/mol. The zero-order valence-corrected chi connectivity index (χ0v) is 19.6. The molecule has 0 bridgehead atoms. The normalized spacial score (nSPS) is 12.9. The van der Waals surface area contributed by atoms with E-state index in [1.165, 1.54) is 12.1 Å². The molecule has 0 radical (unpaired) electrons. The number of nitrogens with zero attached hydrogens (tertiary/aromatic N) is 3. The van der Waals surface area contributed by atoms with Gasteiger partial charge in [-0.15, -0.1) is 0 Å². The summed E-state index contributed by atoms with van der Waals surface area (Å²) < 4.78 is 19.4. The third-order valence-electron chi connectivity index (χ3n) is 6.00. The first-order valence-corrected chi connectivity index (χ1v) is 11.5. The van der Waals surface area contributed by atoms with E-state index in [0.717, 1.165) is 46.7 Å². The van der Waals surface area contributed by atoms with Crippen LogP contribution in [0.15, 0.2) is 67.1 Å². The second-order valence-electron chi connectivity index (χ2n) is 8.73. The Morgan fingerprint density at radius 1 is 1.06 bits per heavy atom. The number of carbonyl (C=O) groups is 1. The van der Waals surface area contributed by atoms with E-state index >= 15 is 0 Å². The fourth-order valence-corrected chi connectivity index (χ4v) is 4.07. The maximum absolute atomic E-state index is 14.0. The van der Waals surface area contributed by atoms with E-state index in [4.69, 9.17) is 9.72 Å². The molecule has 6 nitrogen and oxygen atoms in total. The Kier molecular flexibility index (Phi) is 6.23. The average Bonchev–Trinajstić information content (AvgIpc) is 3.72. The molecule has 1 aromatic carbocycles. The molecule has 1 N–H and O–H groups in total. The minimum atomic E-state index is -0.391. The Hall–Kier alpha value is -4.13. The van der Waals surface area contributed by atoms with Crippen molar-refractivity contribution >= 4 is 5.91 Å². The topological polar surface area (TPSA) is 77.0 Å². The van der Waals surface area contributed by atoms with E-state index in [-0.39, 0.29) is 12.5 Å². The molecule has 176 valence electrons. The number of hydrogen-bond acceptors (Lipinski definition) is 5. The Morgan fingerprint density at radius 2 is 1.89 bits per heavy atom. The van der Waals surface area contributed by atoms with Gasteiger partial charge in [-0.25, -0.2) is 4.39 Å². The van der Waals surface area contributed by atoms with E-state index in [1.54, 1.807) is 43.9 Å². The van der Waals surface area contributed by atoms with Gasteiger partial charge in [0.25, 0.3) is 5.91 Å². The summed E-state index contributed by atoms with van der Waals surface area (Å²) in [6.07, 6.45) is 7.38. The number of hydrogen-bond donors (Lipinski definition) is 1. The van der Waals surface area contributed by atoms with Crippen LogP contribution in [0.3, 0.4) is 0 Å². The van der Waals surface area contributed by atoms with E-state index < -0.39 is 5.82 Å². The van der Waals surface area contributed by atoms with Crippen LogP contribution in [0.1, 0.15) is 46.1 Å². The summed E-state index contributed by atoms with van der Waals surface area (Å²) in [5.41, 5.74) is 5.59. The molecular weight excluding hydrogens is 443 g/mol. The quantitative estimate of drug-likeness (QED) is 0.389. The Bertz CT molecular complexity index is 1400.